The van der Waals surface area contributed by atoms with Crippen LogP contribution >= 0.6 is 24.0 Å². The van der Waals surface area contributed by atoms with Crippen molar-refractivity contribution < 1.29 is 0 Å². The van der Waals surface area contributed by atoms with E-state index in [9.17, 15) is 0 Å². The molecule has 0 aromatic carbocycles. The average Bonchev–Trinajstić information content (AvgIpc) is 2.55. The molecule has 0 bridgehead atoms. The summed E-state index contributed by atoms with van der Waals surface area (Å²) in [5, 5.41) is 6.94. The van der Waals surface area contributed by atoms with E-state index in [-0.39, 0.29) is 24.0 Å². The topological polar surface area (TPSA) is 42.9 Å². The average molecular weight is 453 g/mol. The van der Waals surface area contributed by atoms with Crippen molar-refractivity contribution in [2.45, 2.75) is 52.5 Å². The highest BCUT2D eigenvalue weighted by Gasteiger charge is 2.22. The highest BCUT2D eigenvalue weighted by Crippen LogP contribution is 2.12. The lowest BCUT2D eigenvalue weighted by molar-refractivity contribution is 0.116. The van der Waals surface area contributed by atoms with Crippen molar-refractivity contribution in [2.24, 2.45) is 10.9 Å². The van der Waals surface area contributed by atoms with Gasteiger partial charge in [-0.2, -0.15) is 0 Å². The number of guanidine groups is 1. The maximum absolute atomic E-state index is 4.83. The summed E-state index contributed by atoms with van der Waals surface area (Å²) in [5.74, 6) is 1.69. The summed E-state index contributed by atoms with van der Waals surface area (Å²) in [6.07, 6.45) is 5.11. The molecule has 1 rings (SSSR count). The molecule has 1 aliphatic heterocycles. The van der Waals surface area contributed by atoms with E-state index in [1.807, 2.05) is 0 Å². The Balaban J connectivity index is 0.00000529. The Morgan fingerprint density at radius 1 is 1.17 bits per heavy atom. The van der Waals surface area contributed by atoms with Gasteiger partial charge in [-0.25, -0.2) is 0 Å². The molecule has 1 saturated heterocycles. The lowest BCUT2D eigenvalue weighted by atomic mass is 10.00. The Kier molecular flexibility index (Phi) is 14.1. The molecule has 1 aliphatic rings. The van der Waals surface area contributed by atoms with Gasteiger partial charge in [-0.05, 0) is 33.4 Å². The van der Waals surface area contributed by atoms with Crippen LogP contribution in [0.4, 0.5) is 0 Å². The quantitative estimate of drug-likeness (QED) is 0.320. The molecule has 24 heavy (non-hydrogen) atoms. The second kappa shape index (κ2) is 14.1. The number of halogens is 1. The summed E-state index contributed by atoms with van der Waals surface area (Å²) in [6, 6.07) is 0.555. The first-order valence-corrected chi connectivity index (χ1v) is 9.51. The fraction of sp³-hybridized carbons (Fsp3) is 0.944. The van der Waals surface area contributed by atoms with Gasteiger partial charge < -0.3 is 15.5 Å². The van der Waals surface area contributed by atoms with Gasteiger partial charge in [0, 0.05) is 45.3 Å². The third-order valence-electron chi connectivity index (χ3n) is 4.88. The van der Waals surface area contributed by atoms with Crippen LogP contribution in [0.15, 0.2) is 4.99 Å². The van der Waals surface area contributed by atoms with Gasteiger partial charge in [0.25, 0.3) is 0 Å². The van der Waals surface area contributed by atoms with E-state index in [0.717, 1.165) is 45.2 Å². The zero-order chi connectivity index (χ0) is 17.1. The van der Waals surface area contributed by atoms with Gasteiger partial charge in [0.2, 0.25) is 0 Å². The molecule has 0 aromatic rings. The molecular formula is C18H40IN5. The minimum atomic E-state index is 0. The number of nitrogens with one attached hydrogen (secondary N) is 2. The standard InChI is InChI=1S/C18H39N5.HI/c1-6-9-10-16(7-2)13-20-18(19-8-3)21-14-17-15-22(4)11-12-23(17)5;/h16-17H,6-15H2,1-5H3,(H2,19,20,21);1H. The summed E-state index contributed by atoms with van der Waals surface area (Å²) in [4.78, 5) is 9.69. The zero-order valence-corrected chi connectivity index (χ0v) is 18.8. The second-order valence-corrected chi connectivity index (χ2v) is 6.91. The maximum Gasteiger partial charge on any atom is 0.191 e. The smallest absolute Gasteiger partial charge is 0.191 e. The normalized spacial score (nSPS) is 21.2. The van der Waals surface area contributed by atoms with Crippen LogP contribution in [-0.4, -0.2) is 75.2 Å². The van der Waals surface area contributed by atoms with E-state index < -0.39 is 0 Å². The van der Waals surface area contributed by atoms with E-state index >= 15 is 0 Å². The molecule has 5 nitrogen and oxygen atoms in total. The van der Waals surface area contributed by atoms with Gasteiger partial charge in [0.05, 0.1) is 0 Å². The molecule has 1 heterocycles. The molecule has 0 aliphatic carbocycles. The Labute approximate surface area is 167 Å². The van der Waals surface area contributed by atoms with Crippen LogP contribution in [0.5, 0.6) is 0 Å². The number of hydrogen-bond donors (Lipinski definition) is 2. The molecular weight excluding hydrogens is 413 g/mol. The van der Waals surface area contributed by atoms with Crippen LogP contribution in [0.3, 0.4) is 0 Å². The lowest BCUT2D eigenvalue weighted by Gasteiger charge is -2.38. The number of rotatable bonds is 9. The van der Waals surface area contributed by atoms with Crippen molar-refractivity contribution in [3.8, 4) is 0 Å². The molecule has 0 radical (unpaired) electrons. The van der Waals surface area contributed by atoms with Crippen molar-refractivity contribution in [3.63, 3.8) is 0 Å². The third-order valence-corrected chi connectivity index (χ3v) is 4.88. The molecule has 6 heteroatoms. The fourth-order valence-corrected chi connectivity index (χ4v) is 3.02. The third kappa shape index (κ3) is 9.42. The first kappa shape index (κ1) is 23.9. The summed E-state index contributed by atoms with van der Waals surface area (Å²) >= 11 is 0. The van der Waals surface area contributed by atoms with Gasteiger partial charge in [0.15, 0.2) is 5.96 Å². The Hall–Kier alpha value is -0.0800. The molecule has 2 unspecified atom stereocenters. The highest BCUT2D eigenvalue weighted by atomic mass is 127. The predicted molar refractivity (Wildman–Crippen MR) is 117 cm³/mol. The molecule has 2 N–H and O–H groups in total. The first-order valence-electron chi connectivity index (χ1n) is 9.51. The minimum absolute atomic E-state index is 0. The number of likely N-dealkylation sites (N-methyl/N-ethyl adjacent to an activating group) is 2. The second-order valence-electron chi connectivity index (χ2n) is 6.91. The molecule has 0 spiro atoms. The summed E-state index contributed by atoms with van der Waals surface area (Å²) in [5.41, 5.74) is 0. The van der Waals surface area contributed by atoms with Crippen LogP contribution in [0.2, 0.25) is 0 Å². The van der Waals surface area contributed by atoms with Crippen molar-refractivity contribution in [1.29, 1.82) is 0 Å². The van der Waals surface area contributed by atoms with Crippen LogP contribution in [0.1, 0.15) is 46.5 Å². The van der Waals surface area contributed by atoms with E-state index in [2.05, 4.69) is 55.3 Å². The van der Waals surface area contributed by atoms with Crippen LogP contribution in [0.25, 0.3) is 0 Å². The van der Waals surface area contributed by atoms with E-state index in [1.54, 1.807) is 0 Å². The fourth-order valence-electron chi connectivity index (χ4n) is 3.02. The van der Waals surface area contributed by atoms with Crippen LogP contribution in [0, 0.1) is 5.92 Å². The van der Waals surface area contributed by atoms with Crippen LogP contribution in [-0.2, 0) is 0 Å². The monoisotopic (exact) mass is 453 g/mol. The van der Waals surface area contributed by atoms with Gasteiger partial charge in [-0.15, -0.1) is 24.0 Å². The molecule has 144 valence electrons. The van der Waals surface area contributed by atoms with Gasteiger partial charge >= 0.3 is 0 Å². The Morgan fingerprint density at radius 2 is 1.92 bits per heavy atom. The van der Waals surface area contributed by atoms with E-state index in [4.69, 9.17) is 4.99 Å². The number of nitrogens with zero attached hydrogens (tertiary/aromatic N) is 3. The number of hydrogen-bond acceptors (Lipinski definition) is 3. The SMILES string of the molecule is CCCCC(CC)CN=C(NCC)NCC1CN(C)CCN1C.I. The number of aliphatic imine (C=N–C) groups is 1. The van der Waals surface area contributed by atoms with E-state index in [1.165, 1.54) is 25.7 Å². The summed E-state index contributed by atoms with van der Waals surface area (Å²) in [6.45, 7) is 12.9. The first-order chi connectivity index (χ1) is 11.1. The predicted octanol–water partition coefficient (Wildman–Crippen LogP) is 2.62. The van der Waals surface area contributed by atoms with Gasteiger partial charge in [-0.3, -0.25) is 9.89 Å². The summed E-state index contributed by atoms with van der Waals surface area (Å²) in [7, 11) is 4.43. The minimum Gasteiger partial charge on any atom is -0.357 e. The van der Waals surface area contributed by atoms with Crippen LogP contribution < -0.4 is 10.6 Å². The number of unbranched alkanes of at least 4 members (excludes halogenated alkanes) is 1. The van der Waals surface area contributed by atoms with Crippen molar-refractivity contribution in [3.05, 3.63) is 0 Å². The molecule has 0 amide bonds. The van der Waals surface area contributed by atoms with Crippen molar-refractivity contribution in [2.75, 3.05) is 53.4 Å². The lowest BCUT2D eigenvalue weighted by Crippen LogP contribution is -2.55. The number of piperazine rings is 1. The maximum atomic E-state index is 4.83. The van der Waals surface area contributed by atoms with Gasteiger partial charge in [-0.1, -0.05) is 33.1 Å². The van der Waals surface area contributed by atoms with Crippen molar-refractivity contribution in [1.82, 2.24) is 20.4 Å². The molecule has 0 aromatic heterocycles. The van der Waals surface area contributed by atoms with Gasteiger partial charge in [0.1, 0.15) is 0 Å². The highest BCUT2D eigenvalue weighted by molar-refractivity contribution is 14.0. The molecule has 1 fully saturated rings. The Bertz CT molecular complexity index is 337. The largest absolute Gasteiger partial charge is 0.357 e. The zero-order valence-electron chi connectivity index (χ0n) is 16.5. The Morgan fingerprint density at radius 3 is 2.54 bits per heavy atom. The molecule has 2 atom stereocenters. The summed E-state index contributed by atoms with van der Waals surface area (Å²) < 4.78 is 0. The van der Waals surface area contributed by atoms with E-state index in [0.29, 0.717) is 12.0 Å². The molecule has 0 saturated carbocycles. The van der Waals surface area contributed by atoms with Crippen molar-refractivity contribution >= 4 is 29.9 Å².